The second-order valence-electron chi connectivity index (χ2n) is 4.63. The van der Waals surface area contributed by atoms with Crippen molar-refractivity contribution in [3.05, 3.63) is 66.6 Å². The number of amides is 1. The Morgan fingerprint density at radius 3 is 2.67 bits per heavy atom. The number of ether oxygens (including phenoxy) is 2. The van der Waals surface area contributed by atoms with Gasteiger partial charge in [0.25, 0.3) is 0 Å². The van der Waals surface area contributed by atoms with E-state index >= 15 is 0 Å². The van der Waals surface area contributed by atoms with E-state index in [1.54, 1.807) is 6.08 Å². The molecule has 1 heterocycles. The predicted octanol–water partition coefficient (Wildman–Crippen LogP) is 3.25. The van der Waals surface area contributed by atoms with Crippen molar-refractivity contribution in [2.45, 2.75) is 0 Å². The molecule has 4 nitrogen and oxygen atoms in total. The second-order valence-corrected chi connectivity index (χ2v) is 4.63. The highest BCUT2D eigenvalue weighted by atomic mass is 16.7. The highest BCUT2D eigenvalue weighted by Gasteiger charge is 2.12. The summed E-state index contributed by atoms with van der Waals surface area (Å²) in [6, 6.07) is 12.9. The van der Waals surface area contributed by atoms with Crippen LogP contribution in [0, 0.1) is 6.92 Å². The first-order chi connectivity index (χ1) is 10.2. The molecule has 0 atom stereocenters. The van der Waals surface area contributed by atoms with Gasteiger partial charge in [-0.2, -0.15) is 0 Å². The van der Waals surface area contributed by atoms with Crippen molar-refractivity contribution in [1.82, 2.24) is 0 Å². The van der Waals surface area contributed by atoms with Crippen LogP contribution in [0.3, 0.4) is 0 Å². The molecule has 0 bridgehead atoms. The Balaban J connectivity index is 1.65. The lowest BCUT2D eigenvalue weighted by molar-refractivity contribution is -0.111. The summed E-state index contributed by atoms with van der Waals surface area (Å²) in [5, 5.41) is 2.78. The van der Waals surface area contributed by atoms with Gasteiger partial charge in [0.05, 0.1) is 0 Å². The third kappa shape index (κ3) is 3.23. The summed E-state index contributed by atoms with van der Waals surface area (Å²) in [6.07, 6.45) is 3.21. The molecule has 2 aromatic rings. The molecule has 0 saturated heterocycles. The molecule has 0 unspecified atom stereocenters. The summed E-state index contributed by atoms with van der Waals surface area (Å²) in [7, 11) is 0. The molecular weight excluding hydrogens is 266 g/mol. The van der Waals surface area contributed by atoms with E-state index in [0.717, 1.165) is 22.6 Å². The fraction of sp³-hybridized carbons (Fsp3) is 0.0588. The van der Waals surface area contributed by atoms with Crippen molar-refractivity contribution < 1.29 is 14.3 Å². The zero-order chi connectivity index (χ0) is 14.7. The quantitative estimate of drug-likeness (QED) is 0.878. The number of benzene rings is 2. The van der Waals surface area contributed by atoms with E-state index in [0.29, 0.717) is 5.75 Å². The lowest BCUT2D eigenvalue weighted by Gasteiger charge is -2.02. The number of carbonyl (C=O) groups is 1. The molecule has 3 rings (SSSR count). The molecule has 1 aliphatic rings. The van der Waals surface area contributed by atoms with Gasteiger partial charge in [-0.3, -0.25) is 4.79 Å². The highest BCUT2D eigenvalue weighted by molar-refractivity contribution is 6.01. The van der Waals surface area contributed by atoms with Crippen LogP contribution in [-0.2, 0) is 4.79 Å². The van der Waals surface area contributed by atoms with Crippen molar-refractivity contribution in [2.75, 3.05) is 12.1 Å². The Bertz CT molecular complexity index is 690. The summed E-state index contributed by atoms with van der Waals surface area (Å²) in [4.78, 5) is 11.8. The van der Waals surface area contributed by atoms with Gasteiger partial charge in [0, 0.05) is 11.8 Å². The van der Waals surface area contributed by atoms with Crippen molar-refractivity contribution in [1.29, 1.82) is 0 Å². The van der Waals surface area contributed by atoms with Gasteiger partial charge < -0.3 is 14.8 Å². The molecule has 1 amide bonds. The summed E-state index contributed by atoms with van der Waals surface area (Å²) in [5.74, 6) is 1.23. The van der Waals surface area contributed by atoms with Gasteiger partial charge in [-0.1, -0.05) is 18.2 Å². The van der Waals surface area contributed by atoms with Crippen LogP contribution in [0.15, 0.2) is 48.5 Å². The molecule has 105 valence electrons. The average molecular weight is 280 g/mol. The Morgan fingerprint density at radius 1 is 1.10 bits per heavy atom. The average Bonchev–Trinajstić information content (AvgIpc) is 2.95. The summed E-state index contributed by atoms with van der Waals surface area (Å²) in [6.45, 7) is 4.04. The number of carbonyl (C=O) groups excluding carboxylic acids is 1. The van der Waals surface area contributed by atoms with E-state index in [1.807, 2.05) is 42.5 Å². The molecule has 0 aromatic heterocycles. The summed E-state index contributed by atoms with van der Waals surface area (Å²) in [5.41, 5.74) is 2.52. The number of anilines is 1. The molecule has 0 spiro atoms. The van der Waals surface area contributed by atoms with Crippen LogP contribution in [0.4, 0.5) is 5.69 Å². The van der Waals surface area contributed by atoms with E-state index < -0.39 is 0 Å². The number of rotatable bonds is 3. The van der Waals surface area contributed by atoms with Crippen LogP contribution < -0.4 is 14.8 Å². The lowest BCUT2D eigenvalue weighted by Crippen LogP contribution is -2.07. The van der Waals surface area contributed by atoms with E-state index in [4.69, 9.17) is 9.47 Å². The van der Waals surface area contributed by atoms with Gasteiger partial charge in [0.1, 0.15) is 0 Å². The minimum absolute atomic E-state index is 0.190. The van der Waals surface area contributed by atoms with Crippen molar-refractivity contribution >= 4 is 17.7 Å². The van der Waals surface area contributed by atoms with Crippen LogP contribution in [0.1, 0.15) is 11.1 Å². The zero-order valence-corrected chi connectivity index (χ0v) is 11.3. The van der Waals surface area contributed by atoms with Crippen LogP contribution in [0.25, 0.3) is 6.08 Å². The van der Waals surface area contributed by atoms with Crippen molar-refractivity contribution in [2.24, 2.45) is 0 Å². The molecule has 4 heteroatoms. The topological polar surface area (TPSA) is 47.6 Å². The molecule has 2 aromatic carbocycles. The SMILES string of the molecule is [CH2]c1ccc(NC(=O)/C=C/c2ccc3c(c2)OCO3)cc1. The van der Waals surface area contributed by atoms with E-state index in [-0.39, 0.29) is 12.7 Å². The fourth-order valence-corrected chi connectivity index (χ4v) is 1.96. The predicted molar refractivity (Wildman–Crippen MR) is 81.1 cm³/mol. The zero-order valence-electron chi connectivity index (χ0n) is 11.3. The van der Waals surface area contributed by atoms with E-state index in [1.165, 1.54) is 6.08 Å². The van der Waals surface area contributed by atoms with Gasteiger partial charge in [-0.25, -0.2) is 0 Å². The molecule has 0 saturated carbocycles. The maximum absolute atomic E-state index is 11.8. The Morgan fingerprint density at radius 2 is 1.86 bits per heavy atom. The van der Waals surface area contributed by atoms with Gasteiger partial charge in [-0.15, -0.1) is 0 Å². The normalized spacial score (nSPS) is 12.6. The van der Waals surface area contributed by atoms with Crippen molar-refractivity contribution in [3.63, 3.8) is 0 Å². The first-order valence-electron chi connectivity index (χ1n) is 6.51. The maximum Gasteiger partial charge on any atom is 0.248 e. The van der Waals surface area contributed by atoms with Gasteiger partial charge in [0.2, 0.25) is 12.7 Å². The Hall–Kier alpha value is -2.75. The smallest absolute Gasteiger partial charge is 0.248 e. The first kappa shape index (κ1) is 13.2. The second kappa shape index (κ2) is 5.71. The minimum Gasteiger partial charge on any atom is -0.454 e. The van der Waals surface area contributed by atoms with E-state index in [2.05, 4.69) is 12.2 Å². The monoisotopic (exact) mass is 280 g/mol. The third-order valence-corrected chi connectivity index (χ3v) is 3.05. The van der Waals surface area contributed by atoms with Crippen LogP contribution in [0.5, 0.6) is 11.5 Å². The standard InChI is InChI=1S/C17H14NO3/c1-12-2-6-14(7-3-12)18-17(19)9-5-13-4-8-15-16(10-13)21-11-20-15/h2-10H,1,11H2,(H,18,19)/b9-5+. The minimum atomic E-state index is -0.190. The molecule has 1 aliphatic heterocycles. The van der Waals surface area contributed by atoms with Crippen LogP contribution >= 0.6 is 0 Å². The number of nitrogens with one attached hydrogen (secondary N) is 1. The van der Waals surface area contributed by atoms with E-state index in [9.17, 15) is 4.79 Å². The molecule has 1 N–H and O–H groups in total. The lowest BCUT2D eigenvalue weighted by atomic mass is 10.2. The number of hydrogen-bond donors (Lipinski definition) is 1. The molecular formula is C17H14NO3. The third-order valence-electron chi connectivity index (χ3n) is 3.05. The first-order valence-corrected chi connectivity index (χ1v) is 6.51. The Labute approximate surface area is 123 Å². The number of hydrogen-bond acceptors (Lipinski definition) is 3. The van der Waals surface area contributed by atoms with Crippen LogP contribution in [0.2, 0.25) is 0 Å². The maximum atomic E-state index is 11.8. The summed E-state index contributed by atoms with van der Waals surface area (Å²) >= 11 is 0. The molecule has 1 radical (unpaired) electrons. The van der Waals surface area contributed by atoms with Gasteiger partial charge in [-0.05, 0) is 48.4 Å². The van der Waals surface area contributed by atoms with Gasteiger partial charge >= 0.3 is 0 Å². The Kier molecular flexibility index (Phi) is 3.60. The van der Waals surface area contributed by atoms with Gasteiger partial charge in [0.15, 0.2) is 11.5 Å². The van der Waals surface area contributed by atoms with Crippen LogP contribution in [-0.4, -0.2) is 12.7 Å². The fourth-order valence-electron chi connectivity index (χ4n) is 1.96. The molecule has 21 heavy (non-hydrogen) atoms. The molecule has 0 fully saturated rings. The highest BCUT2D eigenvalue weighted by Crippen LogP contribution is 2.32. The number of fused-ring (bicyclic) bond motifs is 1. The molecule has 0 aliphatic carbocycles. The summed E-state index contributed by atoms with van der Waals surface area (Å²) < 4.78 is 10.5. The van der Waals surface area contributed by atoms with Crippen molar-refractivity contribution in [3.8, 4) is 11.5 Å². The largest absolute Gasteiger partial charge is 0.454 e.